The van der Waals surface area contributed by atoms with Crippen molar-refractivity contribution in [3.05, 3.63) is 47.2 Å². The number of nitrogens with one attached hydrogen (secondary N) is 1. The molecule has 15 nitrogen and oxygen atoms in total. The van der Waals surface area contributed by atoms with Crippen LogP contribution in [-0.4, -0.2) is 101 Å². The maximum atomic E-state index is 13.7. The number of ether oxygens (including phenoxy) is 8. The van der Waals surface area contributed by atoms with Gasteiger partial charge in [-0.2, -0.15) is 0 Å². The number of hydrogen-bond donors (Lipinski definition) is 2. The normalized spacial score (nSPS) is 24.0. The SMILES string of the molecule is CCOC(=O)Oc1c(OC)cc(C(=O)O[C@@H]2CC3CN4CCc5c([nH]c6cc(OC(=O)CN)ccc56)[C@H]4CC3[C@H](C(=O)OC)[C@H]2OC)cc1OC. The zero-order valence-electron chi connectivity index (χ0n) is 29.2. The van der Waals surface area contributed by atoms with Gasteiger partial charge < -0.3 is 48.6 Å². The summed E-state index contributed by atoms with van der Waals surface area (Å²) in [5.41, 5.74) is 8.64. The second kappa shape index (κ2) is 15.2. The molecule has 3 heterocycles. The summed E-state index contributed by atoms with van der Waals surface area (Å²) in [5, 5.41) is 1.06. The van der Waals surface area contributed by atoms with Crippen molar-refractivity contribution in [1.29, 1.82) is 0 Å². The van der Waals surface area contributed by atoms with Crippen LogP contribution in [-0.2, 0) is 35.0 Å². The number of methoxy groups -OCH3 is 4. The van der Waals surface area contributed by atoms with E-state index in [0.29, 0.717) is 25.1 Å². The molecule has 3 aromatic rings. The zero-order chi connectivity index (χ0) is 36.4. The first kappa shape index (κ1) is 35.9. The molecular formula is C36H43N3O12. The van der Waals surface area contributed by atoms with Gasteiger partial charge in [0.05, 0.1) is 52.0 Å². The predicted molar refractivity (Wildman–Crippen MR) is 180 cm³/mol. The number of nitrogens with two attached hydrogens (primary N) is 1. The highest BCUT2D eigenvalue weighted by molar-refractivity contribution is 5.92. The number of carbonyl (C=O) groups is 4. The largest absolute Gasteiger partial charge is 0.514 e. The van der Waals surface area contributed by atoms with Gasteiger partial charge in [0.25, 0.3) is 0 Å². The Bertz CT molecular complexity index is 1780. The third-order valence-electron chi connectivity index (χ3n) is 10.2. The summed E-state index contributed by atoms with van der Waals surface area (Å²) in [6.45, 7) is 3.00. The number of hydrogen-bond acceptors (Lipinski definition) is 14. The Morgan fingerprint density at radius 2 is 1.73 bits per heavy atom. The second-order valence-corrected chi connectivity index (χ2v) is 12.7. The predicted octanol–water partition coefficient (Wildman–Crippen LogP) is 3.55. The molecule has 1 aliphatic carbocycles. The zero-order valence-corrected chi connectivity index (χ0v) is 29.2. The molecule has 51 heavy (non-hydrogen) atoms. The van der Waals surface area contributed by atoms with Crippen LogP contribution in [0.4, 0.5) is 4.79 Å². The molecule has 1 saturated carbocycles. The minimum absolute atomic E-state index is 0.00326. The summed E-state index contributed by atoms with van der Waals surface area (Å²) in [7, 11) is 5.56. The standard InChI is InChI=1S/C36H43N3O12/c1-6-48-36(43)51-32-26(44-2)11-18(12-27(32)45-3)34(41)50-28-13-19-17-39-10-9-22-21-8-7-20(49-29(40)16-37)14-24(21)38-31(22)25(39)15-23(19)30(33(28)46-4)35(42)47-5/h7-8,11-12,14,19,23,25,28,30,33,38H,6,9-10,13,15-17,37H2,1-5H3/t19?,23?,25-,28-,30+,33+/m1/s1. The number of carbonyl (C=O) groups excluding carboxylic acids is 4. The lowest BCUT2D eigenvalue weighted by Gasteiger charge is -2.52. The van der Waals surface area contributed by atoms with E-state index in [0.717, 1.165) is 29.6 Å². The van der Waals surface area contributed by atoms with Gasteiger partial charge in [-0.25, -0.2) is 9.59 Å². The van der Waals surface area contributed by atoms with Crippen LogP contribution >= 0.6 is 0 Å². The number of aromatic amines is 1. The second-order valence-electron chi connectivity index (χ2n) is 12.7. The Kier molecular flexibility index (Phi) is 10.7. The molecule has 0 spiro atoms. The van der Waals surface area contributed by atoms with Crippen molar-refractivity contribution in [3.8, 4) is 23.0 Å². The summed E-state index contributed by atoms with van der Waals surface area (Å²) in [5.74, 6) is -2.02. The molecular weight excluding hydrogens is 666 g/mol. The van der Waals surface area contributed by atoms with E-state index in [1.807, 2.05) is 6.07 Å². The average Bonchev–Trinajstić information content (AvgIpc) is 3.51. The van der Waals surface area contributed by atoms with Gasteiger partial charge in [0.2, 0.25) is 5.75 Å². The minimum atomic E-state index is -0.957. The van der Waals surface area contributed by atoms with Gasteiger partial charge in [0.15, 0.2) is 11.5 Å². The first-order valence-corrected chi connectivity index (χ1v) is 16.9. The summed E-state index contributed by atoms with van der Waals surface area (Å²) >= 11 is 0. The maximum absolute atomic E-state index is 13.7. The molecule has 2 fully saturated rings. The first-order valence-electron chi connectivity index (χ1n) is 16.9. The van der Waals surface area contributed by atoms with Crippen LogP contribution < -0.4 is 24.7 Å². The van der Waals surface area contributed by atoms with Crippen molar-refractivity contribution in [3.63, 3.8) is 0 Å². The average molecular weight is 710 g/mol. The molecule has 0 radical (unpaired) electrons. The Hall–Kier alpha value is -4.86. The molecule has 0 amide bonds. The molecule has 15 heteroatoms. The van der Waals surface area contributed by atoms with Gasteiger partial charge in [-0.05, 0) is 67.9 Å². The van der Waals surface area contributed by atoms with E-state index in [1.165, 1.54) is 46.1 Å². The fourth-order valence-electron chi connectivity index (χ4n) is 8.00. The fourth-order valence-corrected chi connectivity index (χ4v) is 8.00. The van der Waals surface area contributed by atoms with Crippen molar-refractivity contribution in [1.82, 2.24) is 9.88 Å². The van der Waals surface area contributed by atoms with Gasteiger partial charge in [0, 0.05) is 42.9 Å². The number of fused-ring (bicyclic) bond motifs is 6. The van der Waals surface area contributed by atoms with Crippen LogP contribution in [0.25, 0.3) is 10.9 Å². The summed E-state index contributed by atoms with van der Waals surface area (Å²) < 4.78 is 43.7. The Labute approximate surface area is 294 Å². The number of esters is 3. The minimum Gasteiger partial charge on any atom is -0.493 e. The van der Waals surface area contributed by atoms with Crippen molar-refractivity contribution in [2.45, 2.75) is 44.4 Å². The number of nitrogens with zero attached hydrogens (tertiary/aromatic N) is 1. The number of aromatic nitrogens is 1. The van der Waals surface area contributed by atoms with Gasteiger partial charge in [0.1, 0.15) is 18.0 Å². The smallest absolute Gasteiger partial charge is 0.493 e. The van der Waals surface area contributed by atoms with Crippen molar-refractivity contribution in [2.24, 2.45) is 23.5 Å². The number of benzene rings is 2. The number of piperidine rings is 1. The summed E-state index contributed by atoms with van der Waals surface area (Å²) in [4.78, 5) is 57.1. The number of rotatable bonds is 10. The fraction of sp³-hybridized carbons (Fsp3) is 0.500. The Balaban J connectivity index is 1.26. The van der Waals surface area contributed by atoms with Gasteiger partial charge >= 0.3 is 24.1 Å². The quantitative estimate of drug-likeness (QED) is 0.135. The highest BCUT2D eigenvalue weighted by Gasteiger charge is 2.54. The monoisotopic (exact) mass is 709 g/mol. The van der Waals surface area contributed by atoms with E-state index in [-0.39, 0.29) is 53.8 Å². The molecule has 2 aliphatic heterocycles. The van der Waals surface area contributed by atoms with Crippen LogP contribution in [0.3, 0.4) is 0 Å². The highest BCUT2D eigenvalue weighted by Crippen LogP contribution is 2.51. The van der Waals surface area contributed by atoms with E-state index < -0.39 is 42.2 Å². The summed E-state index contributed by atoms with van der Waals surface area (Å²) in [6, 6.07) is 8.29. The maximum Gasteiger partial charge on any atom is 0.514 e. The van der Waals surface area contributed by atoms with Gasteiger partial charge in [-0.1, -0.05) is 0 Å². The van der Waals surface area contributed by atoms with Crippen molar-refractivity contribution < 1.29 is 57.1 Å². The molecule has 2 aromatic carbocycles. The molecule has 3 N–H and O–H groups in total. The van der Waals surface area contributed by atoms with Crippen LogP contribution in [0, 0.1) is 17.8 Å². The first-order chi connectivity index (χ1) is 24.6. The topological polar surface area (TPSA) is 187 Å². The lowest BCUT2D eigenvalue weighted by atomic mass is 9.63. The third-order valence-corrected chi connectivity index (χ3v) is 10.2. The van der Waals surface area contributed by atoms with Crippen LogP contribution in [0.1, 0.15) is 47.4 Å². The molecule has 6 rings (SSSR count). The summed E-state index contributed by atoms with van der Waals surface area (Å²) in [6.07, 6.45) is -0.600. The van der Waals surface area contributed by atoms with E-state index in [4.69, 9.17) is 43.6 Å². The number of H-pyrrole nitrogens is 1. The van der Waals surface area contributed by atoms with Crippen LogP contribution in [0.15, 0.2) is 30.3 Å². The van der Waals surface area contributed by atoms with Crippen LogP contribution in [0.2, 0.25) is 0 Å². The lowest BCUT2D eigenvalue weighted by molar-refractivity contribution is -0.176. The molecule has 6 atom stereocenters. The van der Waals surface area contributed by atoms with E-state index in [1.54, 1.807) is 19.1 Å². The van der Waals surface area contributed by atoms with Crippen molar-refractivity contribution >= 4 is 35.0 Å². The molecule has 1 saturated heterocycles. The molecule has 2 unspecified atom stereocenters. The Morgan fingerprint density at radius 1 is 0.980 bits per heavy atom. The molecule has 3 aliphatic rings. The van der Waals surface area contributed by atoms with Crippen LogP contribution in [0.5, 0.6) is 23.0 Å². The van der Waals surface area contributed by atoms with Gasteiger partial charge in [-0.15, -0.1) is 0 Å². The molecule has 0 bridgehead atoms. The Morgan fingerprint density at radius 3 is 2.37 bits per heavy atom. The van der Waals surface area contributed by atoms with E-state index >= 15 is 0 Å². The van der Waals surface area contributed by atoms with E-state index in [2.05, 4.69) is 9.88 Å². The van der Waals surface area contributed by atoms with Crippen molar-refractivity contribution in [2.75, 3.05) is 54.7 Å². The lowest BCUT2D eigenvalue weighted by Crippen LogP contribution is -2.58. The third kappa shape index (κ3) is 6.93. The van der Waals surface area contributed by atoms with Gasteiger partial charge in [-0.3, -0.25) is 14.5 Å². The van der Waals surface area contributed by atoms with E-state index in [9.17, 15) is 19.2 Å². The molecule has 274 valence electrons. The highest BCUT2D eigenvalue weighted by atomic mass is 16.7. The molecule has 1 aromatic heterocycles.